The molecule has 7 heteroatoms. The summed E-state index contributed by atoms with van der Waals surface area (Å²) in [6.07, 6.45) is 1.75. The zero-order valence-corrected chi connectivity index (χ0v) is 14.5. The molecule has 3 aromatic rings. The van der Waals surface area contributed by atoms with Gasteiger partial charge in [0.25, 0.3) is 5.91 Å². The van der Waals surface area contributed by atoms with Crippen LogP contribution in [0.4, 0.5) is 4.39 Å². The maximum Gasteiger partial charge on any atom is 0.256 e. The number of rotatable bonds is 1. The van der Waals surface area contributed by atoms with Crippen molar-refractivity contribution in [3.8, 4) is 0 Å². The van der Waals surface area contributed by atoms with Gasteiger partial charge in [-0.15, -0.1) is 0 Å². The van der Waals surface area contributed by atoms with Gasteiger partial charge in [-0.05, 0) is 41.1 Å². The van der Waals surface area contributed by atoms with Crippen LogP contribution in [-0.2, 0) is 13.1 Å². The van der Waals surface area contributed by atoms with Gasteiger partial charge in [0, 0.05) is 24.5 Å². The molecule has 0 unspecified atom stereocenters. The highest BCUT2D eigenvalue weighted by Gasteiger charge is 2.25. The van der Waals surface area contributed by atoms with Crippen molar-refractivity contribution in [1.29, 1.82) is 0 Å². The van der Waals surface area contributed by atoms with Crippen LogP contribution in [0, 0.1) is 12.7 Å². The number of carbonyl (C=O) groups is 1. The van der Waals surface area contributed by atoms with Gasteiger partial charge in [-0.1, -0.05) is 0 Å². The van der Waals surface area contributed by atoms with E-state index in [0.717, 1.165) is 15.8 Å². The molecule has 5 nitrogen and oxygen atoms in total. The van der Waals surface area contributed by atoms with Crippen molar-refractivity contribution < 1.29 is 9.18 Å². The normalized spacial score (nSPS) is 14.0. The minimum absolute atomic E-state index is 0.0726. The largest absolute Gasteiger partial charge is 0.329 e. The second kappa shape index (κ2) is 5.66. The molecule has 122 valence electrons. The zero-order valence-electron chi connectivity index (χ0n) is 13.0. The number of imidazole rings is 1. The van der Waals surface area contributed by atoms with E-state index in [1.54, 1.807) is 30.2 Å². The molecule has 0 atom stereocenters. The van der Waals surface area contributed by atoms with Gasteiger partial charge in [0.2, 0.25) is 0 Å². The molecule has 24 heavy (non-hydrogen) atoms. The van der Waals surface area contributed by atoms with E-state index in [1.807, 2.05) is 0 Å². The minimum Gasteiger partial charge on any atom is -0.329 e. The Kier molecular flexibility index (Phi) is 3.60. The third-order valence-electron chi connectivity index (χ3n) is 4.30. The van der Waals surface area contributed by atoms with Gasteiger partial charge in [0.15, 0.2) is 0 Å². The predicted molar refractivity (Wildman–Crippen MR) is 91.1 cm³/mol. The first-order chi connectivity index (χ1) is 11.5. The monoisotopic (exact) mass is 388 g/mol. The van der Waals surface area contributed by atoms with E-state index in [9.17, 15) is 9.18 Å². The fourth-order valence-corrected chi connectivity index (χ4v) is 3.50. The summed E-state index contributed by atoms with van der Waals surface area (Å²) in [7, 11) is 0. The number of hydrogen-bond acceptors (Lipinski definition) is 3. The number of pyridine rings is 1. The summed E-state index contributed by atoms with van der Waals surface area (Å²) in [5.41, 5.74) is 1.71. The molecule has 1 amide bonds. The van der Waals surface area contributed by atoms with Crippen LogP contribution in [-0.4, -0.2) is 31.9 Å². The lowest BCUT2D eigenvalue weighted by molar-refractivity contribution is 0.0705. The summed E-state index contributed by atoms with van der Waals surface area (Å²) < 4.78 is 16.3. The summed E-state index contributed by atoms with van der Waals surface area (Å²) in [5.74, 6) is 0.452. The molecule has 1 aliphatic rings. The quantitative estimate of drug-likeness (QED) is 0.642. The topological polar surface area (TPSA) is 51.0 Å². The lowest BCUT2D eigenvalue weighted by Crippen LogP contribution is -2.38. The van der Waals surface area contributed by atoms with Gasteiger partial charge >= 0.3 is 0 Å². The van der Waals surface area contributed by atoms with Crippen LogP contribution < -0.4 is 0 Å². The van der Waals surface area contributed by atoms with Crippen LogP contribution in [0.1, 0.15) is 21.9 Å². The molecular formula is C17H14BrFN4O. The Morgan fingerprint density at radius 3 is 2.96 bits per heavy atom. The highest BCUT2D eigenvalue weighted by Crippen LogP contribution is 2.23. The number of nitrogens with zero attached hydrogens (tertiary/aromatic N) is 4. The zero-order chi connectivity index (χ0) is 16.8. The third kappa shape index (κ3) is 2.49. The second-order valence-electron chi connectivity index (χ2n) is 5.83. The summed E-state index contributed by atoms with van der Waals surface area (Å²) in [5, 5.41) is 0.756. The fraction of sp³-hybridized carbons (Fsp3) is 0.235. The Labute approximate surface area is 146 Å². The molecule has 3 heterocycles. The number of halogens is 2. The van der Waals surface area contributed by atoms with Crippen LogP contribution in [0.3, 0.4) is 0 Å². The van der Waals surface area contributed by atoms with Crippen molar-refractivity contribution in [2.24, 2.45) is 0 Å². The number of carbonyl (C=O) groups excluding carboxylic acids is 1. The third-order valence-corrected chi connectivity index (χ3v) is 4.94. The summed E-state index contributed by atoms with van der Waals surface area (Å²) in [6.45, 7) is 3.55. The van der Waals surface area contributed by atoms with Crippen molar-refractivity contribution in [2.45, 2.75) is 20.0 Å². The maximum atomic E-state index is 13.3. The van der Waals surface area contributed by atoms with E-state index in [2.05, 4.69) is 30.5 Å². The van der Waals surface area contributed by atoms with Gasteiger partial charge < -0.3 is 9.47 Å². The summed E-state index contributed by atoms with van der Waals surface area (Å²) in [4.78, 5) is 23.4. The molecule has 0 N–H and O–H groups in total. The molecule has 0 fully saturated rings. The summed E-state index contributed by atoms with van der Waals surface area (Å²) >= 11 is 3.45. The molecule has 0 saturated carbocycles. The van der Waals surface area contributed by atoms with E-state index in [-0.39, 0.29) is 11.7 Å². The Bertz CT molecular complexity index is 969. The van der Waals surface area contributed by atoms with Crippen molar-refractivity contribution >= 4 is 32.7 Å². The molecule has 2 aromatic heterocycles. The second-order valence-corrected chi connectivity index (χ2v) is 6.65. The number of hydrogen-bond donors (Lipinski definition) is 0. The molecule has 4 rings (SSSR count). The van der Waals surface area contributed by atoms with Crippen LogP contribution in [0.5, 0.6) is 0 Å². The average Bonchev–Trinajstić information content (AvgIpc) is 2.94. The van der Waals surface area contributed by atoms with Crippen LogP contribution >= 0.6 is 15.9 Å². The number of fused-ring (bicyclic) bond motifs is 2. The maximum absolute atomic E-state index is 13.3. The first-order valence-electron chi connectivity index (χ1n) is 7.59. The van der Waals surface area contributed by atoms with Gasteiger partial charge in [0.05, 0.1) is 29.5 Å². The smallest absolute Gasteiger partial charge is 0.256 e. The number of aromatic nitrogens is 3. The molecule has 1 aliphatic heterocycles. The van der Waals surface area contributed by atoms with Gasteiger partial charge in [-0.3, -0.25) is 9.78 Å². The minimum atomic E-state index is -0.332. The van der Waals surface area contributed by atoms with Crippen molar-refractivity contribution in [3.05, 3.63) is 58.0 Å². The van der Waals surface area contributed by atoms with Crippen molar-refractivity contribution in [3.63, 3.8) is 0 Å². The Morgan fingerprint density at radius 2 is 2.12 bits per heavy atom. The van der Waals surface area contributed by atoms with E-state index < -0.39 is 0 Å². The van der Waals surface area contributed by atoms with E-state index in [0.29, 0.717) is 36.4 Å². The number of amides is 1. The molecule has 0 spiro atoms. The van der Waals surface area contributed by atoms with Gasteiger partial charge in [-0.25, -0.2) is 9.37 Å². The molecule has 0 saturated heterocycles. The molecule has 1 aromatic carbocycles. The highest BCUT2D eigenvalue weighted by molar-refractivity contribution is 9.10. The van der Waals surface area contributed by atoms with E-state index in [1.165, 1.54) is 12.1 Å². The fourth-order valence-electron chi connectivity index (χ4n) is 3.02. The van der Waals surface area contributed by atoms with E-state index in [4.69, 9.17) is 0 Å². The Hall–Kier alpha value is -2.28. The van der Waals surface area contributed by atoms with Gasteiger partial charge in [-0.2, -0.15) is 0 Å². The predicted octanol–water partition coefficient (Wildman–Crippen LogP) is 3.30. The summed E-state index contributed by atoms with van der Waals surface area (Å²) in [6, 6.07) is 6.19. The Morgan fingerprint density at radius 1 is 1.29 bits per heavy atom. The standard InChI is InChI=1S/C17H14BrFN4O/c1-10-13(6-11-2-3-12(19)7-14(11)21-10)17(24)22-4-5-23-15(18)8-20-16(23)9-22/h2-3,6-8H,4-5,9H2,1H3. The first kappa shape index (κ1) is 15.3. The van der Waals surface area contributed by atoms with Crippen molar-refractivity contribution in [1.82, 2.24) is 19.4 Å². The van der Waals surface area contributed by atoms with Crippen LogP contribution in [0.2, 0.25) is 0 Å². The number of aryl methyl sites for hydroxylation is 1. The van der Waals surface area contributed by atoms with Crippen molar-refractivity contribution in [2.75, 3.05) is 6.54 Å². The lowest BCUT2D eigenvalue weighted by Gasteiger charge is -2.28. The SMILES string of the molecule is Cc1nc2cc(F)ccc2cc1C(=O)N1CCn2c(Br)cnc2C1. The van der Waals surface area contributed by atoms with Crippen LogP contribution in [0.15, 0.2) is 35.1 Å². The first-order valence-corrected chi connectivity index (χ1v) is 8.38. The lowest BCUT2D eigenvalue weighted by atomic mass is 10.1. The number of benzene rings is 1. The molecule has 0 bridgehead atoms. The van der Waals surface area contributed by atoms with E-state index >= 15 is 0 Å². The molecule has 0 aliphatic carbocycles. The Balaban J connectivity index is 1.68. The highest BCUT2D eigenvalue weighted by atomic mass is 79.9. The van der Waals surface area contributed by atoms with Crippen LogP contribution in [0.25, 0.3) is 10.9 Å². The average molecular weight is 389 g/mol. The molecular weight excluding hydrogens is 375 g/mol. The van der Waals surface area contributed by atoms with Gasteiger partial charge in [0.1, 0.15) is 16.2 Å². The molecule has 0 radical (unpaired) electrons.